The summed E-state index contributed by atoms with van der Waals surface area (Å²) in [5.74, 6) is -0.309. The van der Waals surface area contributed by atoms with Gasteiger partial charge in [-0.05, 0) is 78.2 Å². The van der Waals surface area contributed by atoms with Crippen LogP contribution >= 0.6 is 11.6 Å². The highest BCUT2D eigenvalue weighted by atomic mass is 35.5. The number of hydrogen-bond donors (Lipinski definition) is 1. The number of carbonyl (C=O) groups is 1. The molecule has 4 rings (SSSR count). The third kappa shape index (κ3) is 5.09. The number of carbonyl (C=O) groups excluding carboxylic acids is 1. The van der Waals surface area contributed by atoms with Crippen LogP contribution < -0.4 is 10.1 Å². The fourth-order valence-corrected chi connectivity index (χ4v) is 4.99. The van der Waals surface area contributed by atoms with E-state index in [9.17, 15) is 17.6 Å². The SMILES string of the molecule is O=C(COc1ccc(Cl)cc1)Nc1ccc2c(c1)CN(S(=O)(=O)c1ccc(F)cc1)CC2. The number of nitrogens with one attached hydrogen (secondary N) is 1. The number of benzene rings is 3. The van der Waals surface area contributed by atoms with Gasteiger partial charge < -0.3 is 10.1 Å². The number of sulfonamides is 1. The molecule has 0 radical (unpaired) electrons. The van der Waals surface area contributed by atoms with Crippen molar-refractivity contribution in [2.45, 2.75) is 17.9 Å². The van der Waals surface area contributed by atoms with Gasteiger partial charge in [0, 0.05) is 23.8 Å². The zero-order chi connectivity index (χ0) is 22.7. The molecule has 3 aromatic carbocycles. The van der Waals surface area contributed by atoms with Crippen LogP contribution in [0.25, 0.3) is 0 Å². The number of rotatable bonds is 6. The Morgan fingerprint density at radius 2 is 1.75 bits per heavy atom. The van der Waals surface area contributed by atoms with Gasteiger partial charge in [0.2, 0.25) is 10.0 Å². The predicted octanol–water partition coefficient (Wildman–Crippen LogP) is 4.24. The van der Waals surface area contributed by atoms with E-state index < -0.39 is 15.8 Å². The summed E-state index contributed by atoms with van der Waals surface area (Å²) in [4.78, 5) is 12.3. The van der Waals surface area contributed by atoms with Crippen molar-refractivity contribution in [3.05, 3.63) is 88.7 Å². The maximum atomic E-state index is 13.2. The van der Waals surface area contributed by atoms with Crippen LogP contribution in [-0.2, 0) is 27.8 Å². The monoisotopic (exact) mass is 474 g/mol. The smallest absolute Gasteiger partial charge is 0.262 e. The number of fused-ring (bicyclic) bond motifs is 1. The Balaban J connectivity index is 1.42. The molecule has 0 saturated carbocycles. The summed E-state index contributed by atoms with van der Waals surface area (Å²) in [5.41, 5.74) is 2.37. The summed E-state index contributed by atoms with van der Waals surface area (Å²) in [6, 6.07) is 16.9. The van der Waals surface area contributed by atoms with Crippen molar-refractivity contribution < 1.29 is 22.3 Å². The molecular weight excluding hydrogens is 455 g/mol. The average Bonchev–Trinajstić information content (AvgIpc) is 2.78. The molecule has 0 bridgehead atoms. The van der Waals surface area contributed by atoms with E-state index in [0.29, 0.717) is 29.4 Å². The van der Waals surface area contributed by atoms with Crippen LogP contribution in [0.5, 0.6) is 5.75 Å². The van der Waals surface area contributed by atoms with Crippen LogP contribution in [0.3, 0.4) is 0 Å². The molecule has 1 N–H and O–H groups in total. The maximum absolute atomic E-state index is 13.2. The van der Waals surface area contributed by atoms with E-state index in [-0.39, 0.29) is 24.0 Å². The first-order chi connectivity index (χ1) is 15.3. The second kappa shape index (κ2) is 9.28. The van der Waals surface area contributed by atoms with Crippen LogP contribution in [0.15, 0.2) is 71.6 Å². The van der Waals surface area contributed by atoms with Crippen LogP contribution in [0, 0.1) is 5.82 Å². The van der Waals surface area contributed by atoms with Gasteiger partial charge >= 0.3 is 0 Å². The summed E-state index contributed by atoms with van der Waals surface area (Å²) in [5, 5.41) is 3.34. The lowest BCUT2D eigenvalue weighted by Gasteiger charge is -2.28. The van der Waals surface area contributed by atoms with Gasteiger partial charge in [0.1, 0.15) is 11.6 Å². The lowest BCUT2D eigenvalue weighted by atomic mass is 10.0. The van der Waals surface area contributed by atoms with Gasteiger partial charge in [-0.2, -0.15) is 4.31 Å². The molecule has 1 heterocycles. The molecule has 0 aliphatic carbocycles. The molecule has 0 atom stereocenters. The molecular formula is C23H20ClFN2O4S. The highest BCUT2D eigenvalue weighted by Gasteiger charge is 2.28. The van der Waals surface area contributed by atoms with Gasteiger partial charge in [-0.25, -0.2) is 12.8 Å². The van der Waals surface area contributed by atoms with Crippen LogP contribution in [0.4, 0.5) is 10.1 Å². The zero-order valence-corrected chi connectivity index (χ0v) is 18.5. The zero-order valence-electron chi connectivity index (χ0n) is 16.9. The van der Waals surface area contributed by atoms with Crippen molar-refractivity contribution in [2.24, 2.45) is 0 Å². The van der Waals surface area contributed by atoms with Crippen molar-refractivity contribution in [2.75, 3.05) is 18.5 Å². The summed E-state index contributed by atoms with van der Waals surface area (Å²) in [6.07, 6.45) is 0.545. The lowest BCUT2D eigenvalue weighted by Crippen LogP contribution is -2.36. The average molecular weight is 475 g/mol. The minimum Gasteiger partial charge on any atom is -0.484 e. The second-order valence-electron chi connectivity index (χ2n) is 7.32. The van der Waals surface area contributed by atoms with Gasteiger partial charge in [0.05, 0.1) is 4.90 Å². The van der Waals surface area contributed by atoms with Crippen molar-refractivity contribution >= 4 is 33.2 Å². The largest absolute Gasteiger partial charge is 0.484 e. The van der Waals surface area contributed by atoms with E-state index in [0.717, 1.165) is 23.3 Å². The number of nitrogens with zero attached hydrogens (tertiary/aromatic N) is 1. The summed E-state index contributed by atoms with van der Waals surface area (Å²) < 4.78 is 45.8. The van der Waals surface area contributed by atoms with Gasteiger partial charge in [0.25, 0.3) is 5.91 Å². The van der Waals surface area contributed by atoms with Gasteiger partial charge in [0.15, 0.2) is 6.61 Å². The van der Waals surface area contributed by atoms with E-state index in [1.54, 1.807) is 36.4 Å². The summed E-state index contributed by atoms with van der Waals surface area (Å²) in [7, 11) is -3.75. The van der Waals surface area contributed by atoms with Crippen LogP contribution in [0.2, 0.25) is 5.02 Å². The van der Waals surface area contributed by atoms with Crippen molar-refractivity contribution in [3.8, 4) is 5.75 Å². The van der Waals surface area contributed by atoms with Gasteiger partial charge in [-0.15, -0.1) is 0 Å². The fourth-order valence-electron chi connectivity index (χ4n) is 3.45. The highest BCUT2D eigenvalue weighted by Crippen LogP contribution is 2.27. The molecule has 6 nitrogen and oxygen atoms in total. The first-order valence-electron chi connectivity index (χ1n) is 9.87. The number of amides is 1. The molecule has 3 aromatic rings. The van der Waals surface area contributed by atoms with Crippen molar-refractivity contribution in [1.29, 1.82) is 0 Å². The molecule has 0 aromatic heterocycles. The van der Waals surface area contributed by atoms with Gasteiger partial charge in [-0.3, -0.25) is 4.79 Å². The molecule has 166 valence electrons. The Hall–Kier alpha value is -2.94. The minimum absolute atomic E-state index is 0.0474. The maximum Gasteiger partial charge on any atom is 0.262 e. The molecule has 1 amide bonds. The number of halogens is 2. The molecule has 9 heteroatoms. The first kappa shape index (κ1) is 22.3. The molecule has 0 fully saturated rings. The van der Waals surface area contributed by atoms with E-state index in [1.807, 2.05) is 6.07 Å². The molecule has 1 aliphatic heterocycles. The molecule has 0 unspecified atom stereocenters. The topological polar surface area (TPSA) is 75.7 Å². The molecule has 0 spiro atoms. The standard InChI is InChI=1S/C23H20ClFN2O4S/c24-18-2-7-21(8-3-18)31-15-23(28)26-20-6-1-16-11-12-27(14-17(16)13-20)32(29,30)22-9-4-19(25)5-10-22/h1-10,13H,11-12,14-15H2,(H,26,28). The van der Waals surface area contributed by atoms with Crippen LogP contribution in [0.1, 0.15) is 11.1 Å². The number of hydrogen-bond acceptors (Lipinski definition) is 4. The van der Waals surface area contributed by atoms with E-state index in [4.69, 9.17) is 16.3 Å². The highest BCUT2D eigenvalue weighted by molar-refractivity contribution is 7.89. The Bertz CT molecular complexity index is 1230. The third-order valence-electron chi connectivity index (χ3n) is 5.10. The number of ether oxygens (including phenoxy) is 1. The number of anilines is 1. The van der Waals surface area contributed by atoms with Crippen molar-refractivity contribution in [3.63, 3.8) is 0 Å². The second-order valence-corrected chi connectivity index (χ2v) is 9.69. The fraction of sp³-hybridized carbons (Fsp3) is 0.174. The predicted molar refractivity (Wildman–Crippen MR) is 120 cm³/mol. The van der Waals surface area contributed by atoms with Crippen LogP contribution in [-0.4, -0.2) is 31.8 Å². The Morgan fingerprint density at radius 1 is 1.03 bits per heavy atom. The summed E-state index contributed by atoms with van der Waals surface area (Å²) >= 11 is 5.83. The molecule has 1 aliphatic rings. The Morgan fingerprint density at radius 3 is 2.47 bits per heavy atom. The van der Waals surface area contributed by atoms with E-state index >= 15 is 0 Å². The van der Waals surface area contributed by atoms with E-state index in [1.165, 1.54) is 16.4 Å². The van der Waals surface area contributed by atoms with Gasteiger partial charge in [-0.1, -0.05) is 17.7 Å². The first-order valence-corrected chi connectivity index (χ1v) is 11.7. The minimum atomic E-state index is -3.75. The third-order valence-corrected chi connectivity index (χ3v) is 7.21. The molecule has 0 saturated heterocycles. The Labute approximate surface area is 190 Å². The lowest BCUT2D eigenvalue weighted by molar-refractivity contribution is -0.118. The normalized spacial score (nSPS) is 13.9. The Kier molecular flexibility index (Phi) is 6.45. The summed E-state index contributed by atoms with van der Waals surface area (Å²) in [6.45, 7) is 0.317. The van der Waals surface area contributed by atoms with E-state index in [2.05, 4.69) is 5.32 Å². The quantitative estimate of drug-likeness (QED) is 0.579. The molecule has 32 heavy (non-hydrogen) atoms. The van der Waals surface area contributed by atoms with Crippen molar-refractivity contribution in [1.82, 2.24) is 4.31 Å².